The van der Waals surface area contributed by atoms with Gasteiger partial charge in [0.05, 0.1) is 17.8 Å². The van der Waals surface area contributed by atoms with Gasteiger partial charge in [0.25, 0.3) is 5.56 Å². The Balaban J connectivity index is 2.12. The molecule has 3 rings (SSSR count). The highest BCUT2D eigenvalue weighted by Gasteiger charge is 2.20. The van der Waals surface area contributed by atoms with E-state index >= 15 is 0 Å². The van der Waals surface area contributed by atoms with Crippen molar-refractivity contribution in [3.63, 3.8) is 0 Å². The molecule has 2 N–H and O–H groups in total. The molecule has 0 saturated heterocycles. The van der Waals surface area contributed by atoms with Gasteiger partial charge in [-0.2, -0.15) is 0 Å². The summed E-state index contributed by atoms with van der Waals surface area (Å²) in [5.74, 6) is -0.656. The summed E-state index contributed by atoms with van der Waals surface area (Å²) in [6.07, 6.45) is 0. The second-order valence-electron chi connectivity index (χ2n) is 5.45. The number of hydrogen-bond donors (Lipinski definition) is 2. The predicted molar refractivity (Wildman–Crippen MR) is 99.3 cm³/mol. The minimum Gasteiger partial charge on any atom is -0.462 e. The van der Waals surface area contributed by atoms with Gasteiger partial charge in [-0.15, -0.1) is 0 Å². The van der Waals surface area contributed by atoms with Crippen molar-refractivity contribution >= 4 is 34.2 Å². The second kappa shape index (κ2) is 7.40. The van der Waals surface area contributed by atoms with Gasteiger partial charge in [-0.05, 0) is 30.7 Å². The number of pyridine rings is 1. The summed E-state index contributed by atoms with van der Waals surface area (Å²) in [6, 6.07) is 14.8. The SMILES string of the molecule is CCOC(=O)c1c(NCc2ccccc2)c2ccc(Cl)cc2[nH]c1=O. The molecule has 0 bridgehead atoms. The zero-order chi connectivity index (χ0) is 17.8. The van der Waals surface area contributed by atoms with Gasteiger partial charge >= 0.3 is 5.97 Å². The molecule has 0 spiro atoms. The van der Waals surface area contributed by atoms with Crippen molar-refractivity contribution in [2.24, 2.45) is 0 Å². The van der Waals surface area contributed by atoms with Crippen LogP contribution in [0.3, 0.4) is 0 Å². The van der Waals surface area contributed by atoms with Crippen molar-refractivity contribution in [2.45, 2.75) is 13.5 Å². The quantitative estimate of drug-likeness (QED) is 0.678. The largest absolute Gasteiger partial charge is 0.462 e. The third-order valence-electron chi connectivity index (χ3n) is 3.77. The smallest absolute Gasteiger partial charge is 0.345 e. The molecule has 6 heteroatoms. The van der Waals surface area contributed by atoms with E-state index in [-0.39, 0.29) is 12.2 Å². The molecule has 0 aliphatic heterocycles. The van der Waals surface area contributed by atoms with Crippen LogP contribution in [-0.2, 0) is 11.3 Å². The van der Waals surface area contributed by atoms with Crippen LogP contribution in [0.4, 0.5) is 5.69 Å². The maximum atomic E-state index is 12.5. The zero-order valence-electron chi connectivity index (χ0n) is 13.6. The highest BCUT2D eigenvalue weighted by molar-refractivity contribution is 6.31. The van der Waals surface area contributed by atoms with Crippen LogP contribution < -0.4 is 10.9 Å². The average molecular weight is 357 g/mol. The summed E-state index contributed by atoms with van der Waals surface area (Å²) >= 11 is 6.01. The minimum absolute atomic E-state index is 0.0346. The lowest BCUT2D eigenvalue weighted by Gasteiger charge is -2.14. The summed E-state index contributed by atoms with van der Waals surface area (Å²) in [4.78, 5) is 27.4. The lowest BCUT2D eigenvalue weighted by atomic mass is 10.1. The molecular formula is C19H17ClN2O3. The fraction of sp³-hybridized carbons (Fsp3) is 0.158. The highest BCUT2D eigenvalue weighted by Crippen LogP contribution is 2.27. The number of carbonyl (C=O) groups is 1. The monoisotopic (exact) mass is 356 g/mol. The van der Waals surface area contributed by atoms with Crippen LogP contribution in [0.1, 0.15) is 22.8 Å². The average Bonchev–Trinajstić information content (AvgIpc) is 2.60. The number of carbonyl (C=O) groups excluding carboxylic acids is 1. The summed E-state index contributed by atoms with van der Waals surface area (Å²) in [5.41, 5.74) is 1.48. The van der Waals surface area contributed by atoms with Gasteiger partial charge in [-0.25, -0.2) is 4.79 Å². The second-order valence-corrected chi connectivity index (χ2v) is 5.89. The first kappa shape index (κ1) is 17.0. The maximum Gasteiger partial charge on any atom is 0.345 e. The number of hydrogen-bond acceptors (Lipinski definition) is 4. The van der Waals surface area contributed by atoms with Crippen molar-refractivity contribution in [1.82, 2.24) is 4.98 Å². The molecule has 0 radical (unpaired) electrons. The number of ether oxygens (including phenoxy) is 1. The molecule has 0 unspecified atom stereocenters. The Kier molecular flexibility index (Phi) is 5.05. The number of esters is 1. The van der Waals surface area contributed by atoms with Crippen LogP contribution in [0.2, 0.25) is 5.02 Å². The van der Waals surface area contributed by atoms with E-state index in [2.05, 4.69) is 10.3 Å². The third kappa shape index (κ3) is 3.67. The normalized spacial score (nSPS) is 10.6. The first-order valence-electron chi connectivity index (χ1n) is 7.90. The third-order valence-corrected chi connectivity index (χ3v) is 4.00. The molecule has 25 heavy (non-hydrogen) atoms. The Bertz CT molecular complexity index is 968. The van der Waals surface area contributed by atoms with E-state index in [1.165, 1.54) is 0 Å². The molecule has 0 aliphatic carbocycles. The van der Waals surface area contributed by atoms with Crippen LogP contribution in [0.5, 0.6) is 0 Å². The zero-order valence-corrected chi connectivity index (χ0v) is 14.4. The Morgan fingerprint density at radius 2 is 1.96 bits per heavy atom. The summed E-state index contributed by atoms with van der Waals surface area (Å²) in [6.45, 7) is 2.35. The number of aromatic nitrogens is 1. The highest BCUT2D eigenvalue weighted by atomic mass is 35.5. The molecule has 0 saturated carbocycles. The lowest BCUT2D eigenvalue weighted by molar-refractivity contribution is 0.0525. The Morgan fingerprint density at radius 1 is 1.20 bits per heavy atom. The van der Waals surface area contributed by atoms with E-state index in [1.807, 2.05) is 30.3 Å². The fourth-order valence-electron chi connectivity index (χ4n) is 2.64. The summed E-state index contributed by atoms with van der Waals surface area (Å²) in [7, 11) is 0. The maximum absolute atomic E-state index is 12.5. The van der Waals surface area contributed by atoms with Crippen molar-refractivity contribution in [2.75, 3.05) is 11.9 Å². The lowest BCUT2D eigenvalue weighted by Crippen LogP contribution is -2.23. The molecule has 0 fully saturated rings. The standard InChI is InChI=1S/C19H17ClN2O3/c1-2-25-19(24)16-17(21-11-12-6-4-3-5-7-12)14-9-8-13(20)10-15(14)22-18(16)23/h3-10H,2,11H2,1H3,(H2,21,22,23). The van der Waals surface area contributed by atoms with E-state index in [9.17, 15) is 9.59 Å². The van der Waals surface area contributed by atoms with Gasteiger partial charge < -0.3 is 15.0 Å². The number of benzene rings is 2. The molecule has 3 aromatic rings. The molecule has 0 aliphatic rings. The molecule has 1 heterocycles. The number of rotatable bonds is 5. The Labute approximate surface area is 149 Å². The molecule has 1 aromatic heterocycles. The van der Waals surface area contributed by atoms with Gasteiger partial charge in [0, 0.05) is 17.0 Å². The summed E-state index contributed by atoms with van der Waals surface area (Å²) in [5, 5.41) is 4.41. The van der Waals surface area contributed by atoms with Gasteiger partial charge in [0.15, 0.2) is 0 Å². The van der Waals surface area contributed by atoms with Crippen molar-refractivity contribution < 1.29 is 9.53 Å². The number of aromatic amines is 1. The number of fused-ring (bicyclic) bond motifs is 1. The van der Waals surface area contributed by atoms with Crippen molar-refractivity contribution in [1.29, 1.82) is 0 Å². The van der Waals surface area contributed by atoms with Crippen LogP contribution in [0, 0.1) is 0 Å². The molecule has 0 atom stereocenters. The van der Waals surface area contributed by atoms with Gasteiger partial charge in [-0.1, -0.05) is 41.9 Å². The summed E-state index contributed by atoms with van der Waals surface area (Å²) < 4.78 is 5.05. The van der Waals surface area contributed by atoms with Crippen LogP contribution >= 0.6 is 11.6 Å². The first-order chi connectivity index (χ1) is 12.1. The minimum atomic E-state index is -0.656. The number of H-pyrrole nitrogens is 1. The fourth-order valence-corrected chi connectivity index (χ4v) is 2.81. The van der Waals surface area contributed by atoms with Gasteiger partial charge in [0.2, 0.25) is 0 Å². The Morgan fingerprint density at radius 3 is 2.68 bits per heavy atom. The van der Waals surface area contributed by atoms with Crippen LogP contribution in [-0.4, -0.2) is 17.6 Å². The Hall–Kier alpha value is -2.79. The molecule has 128 valence electrons. The van der Waals surface area contributed by atoms with E-state index in [0.717, 1.165) is 5.56 Å². The predicted octanol–water partition coefficient (Wildman–Crippen LogP) is 3.97. The van der Waals surface area contributed by atoms with E-state index in [4.69, 9.17) is 16.3 Å². The molecule has 0 amide bonds. The van der Waals surface area contributed by atoms with Gasteiger partial charge in [-0.3, -0.25) is 4.79 Å². The number of halogens is 1. The topological polar surface area (TPSA) is 71.2 Å². The molecule has 2 aromatic carbocycles. The van der Waals surface area contributed by atoms with Crippen LogP contribution in [0.25, 0.3) is 10.9 Å². The van der Waals surface area contributed by atoms with Crippen molar-refractivity contribution in [3.05, 3.63) is 75.0 Å². The first-order valence-corrected chi connectivity index (χ1v) is 8.28. The van der Waals surface area contributed by atoms with E-state index in [0.29, 0.717) is 28.2 Å². The number of nitrogens with one attached hydrogen (secondary N) is 2. The van der Waals surface area contributed by atoms with E-state index < -0.39 is 11.5 Å². The van der Waals surface area contributed by atoms with Gasteiger partial charge in [0.1, 0.15) is 5.56 Å². The molecule has 5 nitrogen and oxygen atoms in total. The van der Waals surface area contributed by atoms with Crippen LogP contribution in [0.15, 0.2) is 53.3 Å². The number of anilines is 1. The van der Waals surface area contributed by atoms with E-state index in [1.54, 1.807) is 25.1 Å². The molecular weight excluding hydrogens is 340 g/mol. The van der Waals surface area contributed by atoms with Crippen molar-refractivity contribution in [3.8, 4) is 0 Å².